The van der Waals surface area contributed by atoms with Gasteiger partial charge in [0.15, 0.2) is 0 Å². The van der Waals surface area contributed by atoms with Gasteiger partial charge in [0, 0.05) is 18.2 Å². The largest absolute Gasteiger partial charge is 0.379 e. The highest BCUT2D eigenvalue weighted by Gasteiger charge is 2.50. The Morgan fingerprint density at radius 2 is 2.00 bits per heavy atom. The van der Waals surface area contributed by atoms with Crippen LogP contribution >= 0.6 is 11.6 Å². The van der Waals surface area contributed by atoms with Crippen molar-refractivity contribution in [3.8, 4) is 0 Å². The molecule has 1 aliphatic rings. The van der Waals surface area contributed by atoms with Crippen LogP contribution in [-0.2, 0) is 14.9 Å². The molecule has 1 saturated carbocycles. The average molecular weight is 296 g/mol. The second-order valence-corrected chi connectivity index (χ2v) is 6.05. The van der Waals surface area contributed by atoms with Crippen molar-refractivity contribution < 1.29 is 9.53 Å². The minimum absolute atomic E-state index is 0.129. The van der Waals surface area contributed by atoms with Crippen molar-refractivity contribution in [2.75, 3.05) is 13.2 Å². The maximum Gasteiger partial charge on any atom is 0.230 e. The summed E-state index contributed by atoms with van der Waals surface area (Å²) in [6, 6.07) is 7.61. The van der Waals surface area contributed by atoms with Gasteiger partial charge in [-0.05, 0) is 50.8 Å². The van der Waals surface area contributed by atoms with Crippen LogP contribution in [0.2, 0.25) is 5.02 Å². The van der Waals surface area contributed by atoms with Gasteiger partial charge >= 0.3 is 0 Å². The number of carbonyl (C=O) groups excluding carboxylic acids is 1. The summed E-state index contributed by atoms with van der Waals surface area (Å²) in [5, 5.41) is 3.72. The molecular formula is C16H22ClNO2. The molecule has 0 unspecified atom stereocenters. The third-order valence-electron chi connectivity index (χ3n) is 3.64. The van der Waals surface area contributed by atoms with Crippen molar-refractivity contribution in [2.45, 2.75) is 44.6 Å². The molecule has 0 aliphatic heterocycles. The van der Waals surface area contributed by atoms with Crippen LogP contribution in [0, 0.1) is 0 Å². The van der Waals surface area contributed by atoms with Gasteiger partial charge < -0.3 is 10.1 Å². The quantitative estimate of drug-likeness (QED) is 0.784. The Balaban J connectivity index is 1.81. The van der Waals surface area contributed by atoms with Crippen molar-refractivity contribution in [3.05, 3.63) is 34.9 Å². The number of halogens is 1. The highest BCUT2D eigenvalue weighted by molar-refractivity contribution is 6.30. The second-order valence-electron chi connectivity index (χ2n) is 5.62. The zero-order valence-corrected chi connectivity index (χ0v) is 12.9. The summed E-state index contributed by atoms with van der Waals surface area (Å²) >= 11 is 5.89. The molecule has 20 heavy (non-hydrogen) atoms. The van der Waals surface area contributed by atoms with Crippen LogP contribution in [-0.4, -0.2) is 25.2 Å². The molecule has 1 amide bonds. The van der Waals surface area contributed by atoms with Gasteiger partial charge in [-0.3, -0.25) is 4.79 Å². The van der Waals surface area contributed by atoms with Crippen LogP contribution in [0.25, 0.3) is 0 Å². The topological polar surface area (TPSA) is 38.3 Å². The highest BCUT2D eigenvalue weighted by Crippen LogP contribution is 2.48. The van der Waals surface area contributed by atoms with Gasteiger partial charge in [0.1, 0.15) is 0 Å². The molecule has 1 aromatic rings. The number of hydrogen-bond acceptors (Lipinski definition) is 2. The maximum absolute atomic E-state index is 12.3. The SMILES string of the molecule is CC(C)OCCCNC(=O)C1(c2ccc(Cl)cc2)CC1. The monoisotopic (exact) mass is 295 g/mol. The smallest absolute Gasteiger partial charge is 0.230 e. The predicted molar refractivity (Wildman–Crippen MR) is 81.1 cm³/mol. The summed E-state index contributed by atoms with van der Waals surface area (Å²) in [6.07, 6.45) is 2.93. The molecular weight excluding hydrogens is 274 g/mol. The molecule has 0 aromatic heterocycles. The number of ether oxygens (including phenoxy) is 1. The van der Waals surface area contributed by atoms with E-state index in [0.29, 0.717) is 18.2 Å². The van der Waals surface area contributed by atoms with E-state index in [9.17, 15) is 4.79 Å². The minimum Gasteiger partial charge on any atom is -0.379 e. The molecule has 0 spiro atoms. The van der Waals surface area contributed by atoms with E-state index in [1.807, 2.05) is 38.1 Å². The second kappa shape index (κ2) is 6.59. The van der Waals surface area contributed by atoms with Crippen molar-refractivity contribution in [2.24, 2.45) is 0 Å². The van der Waals surface area contributed by atoms with E-state index in [1.165, 1.54) is 0 Å². The van der Waals surface area contributed by atoms with Crippen LogP contribution < -0.4 is 5.32 Å². The van der Waals surface area contributed by atoms with Crippen LogP contribution in [0.4, 0.5) is 0 Å². The minimum atomic E-state index is -0.316. The molecule has 1 aliphatic carbocycles. The van der Waals surface area contributed by atoms with E-state index in [2.05, 4.69) is 5.32 Å². The number of benzene rings is 1. The summed E-state index contributed by atoms with van der Waals surface area (Å²) in [5.41, 5.74) is 0.751. The van der Waals surface area contributed by atoms with Gasteiger partial charge in [0.05, 0.1) is 11.5 Å². The number of amides is 1. The molecule has 0 saturated heterocycles. The first-order valence-electron chi connectivity index (χ1n) is 7.20. The zero-order chi connectivity index (χ0) is 14.6. The molecule has 1 aromatic carbocycles. The first-order valence-corrected chi connectivity index (χ1v) is 7.58. The Kier molecular flexibility index (Phi) is 5.06. The molecule has 0 radical (unpaired) electrons. The normalized spacial score (nSPS) is 16.2. The molecule has 3 nitrogen and oxygen atoms in total. The summed E-state index contributed by atoms with van der Waals surface area (Å²) in [5.74, 6) is 0.129. The fourth-order valence-electron chi connectivity index (χ4n) is 2.30. The zero-order valence-electron chi connectivity index (χ0n) is 12.1. The van der Waals surface area contributed by atoms with Gasteiger partial charge in [-0.2, -0.15) is 0 Å². The lowest BCUT2D eigenvalue weighted by Gasteiger charge is -2.16. The van der Waals surface area contributed by atoms with Crippen LogP contribution in [0.15, 0.2) is 24.3 Å². The maximum atomic E-state index is 12.3. The number of hydrogen-bond donors (Lipinski definition) is 1. The molecule has 1 fully saturated rings. The fraction of sp³-hybridized carbons (Fsp3) is 0.562. The fourth-order valence-corrected chi connectivity index (χ4v) is 2.43. The first kappa shape index (κ1) is 15.3. The Hall–Kier alpha value is -1.06. The predicted octanol–water partition coefficient (Wildman–Crippen LogP) is 3.30. The average Bonchev–Trinajstić information content (AvgIpc) is 3.20. The lowest BCUT2D eigenvalue weighted by molar-refractivity contribution is -0.123. The third kappa shape index (κ3) is 3.74. The van der Waals surface area contributed by atoms with Gasteiger partial charge in [0.2, 0.25) is 5.91 Å². The molecule has 1 N–H and O–H groups in total. The summed E-state index contributed by atoms with van der Waals surface area (Å²) in [7, 11) is 0. The lowest BCUT2D eigenvalue weighted by atomic mass is 9.95. The van der Waals surface area contributed by atoms with Crippen LogP contribution in [0.3, 0.4) is 0 Å². The Morgan fingerprint density at radius 3 is 2.55 bits per heavy atom. The van der Waals surface area contributed by atoms with E-state index in [0.717, 1.165) is 24.8 Å². The summed E-state index contributed by atoms with van der Waals surface area (Å²) in [6.45, 7) is 5.38. The standard InChI is InChI=1S/C16H22ClNO2/c1-12(2)20-11-3-10-18-15(19)16(8-9-16)13-4-6-14(17)7-5-13/h4-7,12H,3,8-11H2,1-2H3,(H,18,19). The number of nitrogens with one attached hydrogen (secondary N) is 1. The molecule has 2 rings (SSSR count). The van der Waals surface area contributed by atoms with E-state index in [-0.39, 0.29) is 17.4 Å². The van der Waals surface area contributed by atoms with Crippen molar-refractivity contribution in [1.29, 1.82) is 0 Å². The van der Waals surface area contributed by atoms with Gasteiger partial charge in [-0.25, -0.2) is 0 Å². The van der Waals surface area contributed by atoms with E-state index in [1.54, 1.807) is 0 Å². The molecule has 110 valence electrons. The summed E-state index contributed by atoms with van der Waals surface area (Å²) < 4.78 is 5.46. The van der Waals surface area contributed by atoms with Crippen molar-refractivity contribution in [3.63, 3.8) is 0 Å². The van der Waals surface area contributed by atoms with E-state index in [4.69, 9.17) is 16.3 Å². The lowest BCUT2D eigenvalue weighted by Crippen LogP contribution is -2.35. The molecule has 0 atom stereocenters. The Morgan fingerprint density at radius 1 is 1.35 bits per heavy atom. The highest BCUT2D eigenvalue weighted by atomic mass is 35.5. The van der Waals surface area contributed by atoms with Gasteiger partial charge in [-0.15, -0.1) is 0 Å². The van der Waals surface area contributed by atoms with E-state index < -0.39 is 0 Å². The van der Waals surface area contributed by atoms with Crippen molar-refractivity contribution in [1.82, 2.24) is 5.32 Å². The van der Waals surface area contributed by atoms with E-state index >= 15 is 0 Å². The third-order valence-corrected chi connectivity index (χ3v) is 3.89. The number of rotatable bonds is 7. The number of carbonyl (C=O) groups is 1. The molecule has 0 heterocycles. The van der Waals surface area contributed by atoms with Gasteiger partial charge in [0.25, 0.3) is 0 Å². The van der Waals surface area contributed by atoms with Crippen LogP contribution in [0.5, 0.6) is 0 Å². The van der Waals surface area contributed by atoms with Crippen LogP contribution in [0.1, 0.15) is 38.7 Å². The Labute approximate surface area is 125 Å². The first-order chi connectivity index (χ1) is 9.54. The Bertz CT molecular complexity index is 452. The molecule has 4 heteroatoms. The van der Waals surface area contributed by atoms with Gasteiger partial charge in [-0.1, -0.05) is 23.7 Å². The molecule has 0 bridgehead atoms. The summed E-state index contributed by atoms with van der Waals surface area (Å²) in [4.78, 5) is 12.3. The van der Waals surface area contributed by atoms with Crippen molar-refractivity contribution >= 4 is 17.5 Å².